The molecule has 1 amide bonds. The Morgan fingerprint density at radius 2 is 1.75 bits per heavy atom. The van der Waals surface area contributed by atoms with Crippen molar-refractivity contribution in [3.63, 3.8) is 0 Å². The Morgan fingerprint density at radius 1 is 1.02 bits per heavy atom. The molecule has 5 aromatic rings. The van der Waals surface area contributed by atoms with Crippen LogP contribution in [0.1, 0.15) is 44.7 Å². The summed E-state index contributed by atoms with van der Waals surface area (Å²) in [7, 11) is -4.10. The van der Waals surface area contributed by atoms with Crippen molar-refractivity contribution in [2.75, 3.05) is 35.4 Å². The number of nitrogens with zero attached hydrogens (tertiary/aromatic N) is 3. The van der Waals surface area contributed by atoms with Crippen LogP contribution in [-0.2, 0) is 21.2 Å². The second-order valence-electron chi connectivity index (χ2n) is 12.0. The van der Waals surface area contributed by atoms with E-state index in [-0.39, 0.29) is 41.8 Å². The molecule has 0 N–H and O–H groups in total. The molecule has 2 atom stereocenters. The summed E-state index contributed by atoms with van der Waals surface area (Å²) in [6.45, 7) is 5.05. The molecule has 3 fully saturated rings. The van der Waals surface area contributed by atoms with Gasteiger partial charge in [-0.05, 0) is 90.0 Å². The van der Waals surface area contributed by atoms with Crippen LogP contribution in [-0.4, -0.2) is 63.5 Å². The number of esters is 1. The van der Waals surface area contributed by atoms with Crippen molar-refractivity contribution < 1.29 is 27.2 Å². The number of carbonyl (C=O) groups excluding carboxylic acids is 2. The van der Waals surface area contributed by atoms with Crippen LogP contribution in [0.3, 0.4) is 0 Å². The number of furan rings is 1. The van der Waals surface area contributed by atoms with E-state index in [1.165, 1.54) is 21.7 Å². The van der Waals surface area contributed by atoms with Gasteiger partial charge in [-0.15, -0.1) is 11.3 Å². The third-order valence-corrected chi connectivity index (χ3v) is 12.8. The number of benzene rings is 3. The maximum atomic E-state index is 14.7. The summed E-state index contributed by atoms with van der Waals surface area (Å²) in [5, 5.41) is 2.44. The number of fused-ring (bicyclic) bond motifs is 3. The Morgan fingerprint density at radius 3 is 2.46 bits per heavy atom. The maximum Gasteiger partial charge on any atom is 0.374 e. The highest BCUT2D eigenvalue weighted by Gasteiger charge is 2.48. The first-order valence-corrected chi connectivity index (χ1v) is 18.9. The number of piperidine rings is 1. The lowest BCUT2D eigenvalue weighted by molar-refractivity contribution is 0.00632. The van der Waals surface area contributed by atoms with Gasteiger partial charge in [-0.25, -0.2) is 13.2 Å². The molecule has 0 saturated carbocycles. The molecule has 2 bridgehead atoms. The summed E-state index contributed by atoms with van der Waals surface area (Å²) in [5.41, 5.74) is 3.33. The molecule has 8 rings (SSSR count). The molecule has 5 heterocycles. The second kappa shape index (κ2) is 13.1. The van der Waals surface area contributed by atoms with Gasteiger partial charge in [0.05, 0.1) is 35.0 Å². The van der Waals surface area contributed by atoms with Gasteiger partial charge in [-0.2, -0.15) is 0 Å². The lowest BCUT2D eigenvalue weighted by Gasteiger charge is -2.57. The summed E-state index contributed by atoms with van der Waals surface area (Å²) in [6, 6.07) is 24.1. The predicted octanol–water partition coefficient (Wildman–Crippen LogP) is 7.28. The highest BCUT2D eigenvalue weighted by Crippen LogP contribution is 2.42. The summed E-state index contributed by atoms with van der Waals surface area (Å²) >= 11 is 4.94. The zero-order valence-corrected chi connectivity index (χ0v) is 29.7. The van der Waals surface area contributed by atoms with Crippen molar-refractivity contribution in [2.24, 2.45) is 0 Å². The minimum Gasteiger partial charge on any atom is -0.460 e. The predicted molar refractivity (Wildman–Crippen MR) is 191 cm³/mol. The van der Waals surface area contributed by atoms with E-state index in [9.17, 15) is 18.0 Å². The fourth-order valence-corrected chi connectivity index (χ4v) is 9.76. The van der Waals surface area contributed by atoms with Crippen molar-refractivity contribution >= 4 is 71.5 Å². The van der Waals surface area contributed by atoms with Crippen LogP contribution in [0.15, 0.2) is 98.0 Å². The van der Waals surface area contributed by atoms with Gasteiger partial charge < -0.3 is 19.0 Å². The van der Waals surface area contributed by atoms with Gasteiger partial charge in [0, 0.05) is 35.1 Å². The topological polar surface area (TPSA) is 100 Å². The molecule has 248 valence electrons. The van der Waals surface area contributed by atoms with Gasteiger partial charge in [0.1, 0.15) is 10.5 Å². The molecule has 3 aromatic carbocycles. The number of carbonyl (C=O) groups is 2. The lowest BCUT2D eigenvalue weighted by atomic mass is 9.86. The molecule has 12 heteroatoms. The number of hydrogen-bond acceptors (Lipinski definition) is 8. The zero-order chi connectivity index (χ0) is 33.6. The molecule has 2 aromatic heterocycles. The number of thiophene rings is 1. The summed E-state index contributed by atoms with van der Waals surface area (Å²) in [6.07, 6.45) is 1.42. The standard InChI is InChI=1S/C36H34BrN3O6S2/c1-3-45-36(42)33-23(2)28-20-27(13-14-32(28)46-33)48(43,44)39(17-15-24-9-5-4-6-10-24)31-12-8-7-11-30(31)38-21-25-19-26(22-38)40(25)35(41)34-29(37)16-18-47-34/h4-14,16,18,20,25-26H,3,15,17,19,21-22H2,1-2H3. The lowest BCUT2D eigenvalue weighted by Crippen LogP contribution is -2.70. The van der Waals surface area contributed by atoms with Crippen molar-refractivity contribution in [1.29, 1.82) is 0 Å². The Bertz CT molecular complexity index is 2100. The van der Waals surface area contributed by atoms with Crippen LogP contribution in [0.4, 0.5) is 11.4 Å². The number of ether oxygens (including phenoxy) is 1. The normalized spacial score (nSPS) is 17.3. The number of halogens is 1. The van der Waals surface area contributed by atoms with Crippen LogP contribution < -0.4 is 9.21 Å². The van der Waals surface area contributed by atoms with E-state index in [1.54, 1.807) is 26.0 Å². The van der Waals surface area contributed by atoms with E-state index >= 15 is 0 Å². The van der Waals surface area contributed by atoms with E-state index in [2.05, 4.69) is 20.8 Å². The first-order valence-electron chi connectivity index (χ1n) is 15.8. The molecule has 48 heavy (non-hydrogen) atoms. The Hall–Kier alpha value is -4.13. The number of aryl methyl sites for hydroxylation is 1. The van der Waals surface area contributed by atoms with Crippen LogP contribution in [0, 0.1) is 6.92 Å². The van der Waals surface area contributed by atoms with Gasteiger partial charge in [-0.1, -0.05) is 42.5 Å². The number of amides is 1. The second-order valence-corrected chi connectivity index (χ2v) is 15.6. The molecule has 3 aliphatic rings. The molecule has 0 radical (unpaired) electrons. The molecule has 0 aliphatic carbocycles. The molecule has 3 saturated heterocycles. The molecule has 2 unspecified atom stereocenters. The number of para-hydroxylation sites is 2. The SMILES string of the molecule is CCOC(=O)c1oc2ccc(S(=O)(=O)N(CCc3ccccc3)c3ccccc3N3CC4CC(C3)N4C(=O)c3sccc3Br)cc2c1C. The number of hydrogen-bond donors (Lipinski definition) is 0. The molecule has 3 aliphatic heterocycles. The van der Waals surface area contributed by atoms with Crippen LogP contribution in [0.25, 0.3) is 11.0 Å². The Labute approximate surface area is 291 Å². The fraction of sp³-hybridized carbons (Fsp3) is 0.278. The van der Waals surface area contributed by atoms with Crippen molar-refractivity contribution in [1.82, 2.24) is 4.90 Å². The van der Waals surface area contributed by atoms with Crippen LogP contribution >= 0.6 is 27.3 Å². The first kappa shape index (κ1) is 32.4. The minimum atomic E-state index is -4.10. The van der Waals surface area contributed by atoms with E-state index < -0.39 is 16.0 Å². The van der Waals surface area contributed by atoms with Crippen LogP contribution in [0.2, 0.25) is 0 Å². The van der Waals surface area contributed by atoms with E-state index in [0.29, 0.717) is 46.6 Å². The van der Waals surface area contributed by atoms with E-state index in [0.717, 1.165) is 22.1 Å². The van der Waals surface area contributed by atoms with Gasteiger partial charge in [0.2, 0.25) is 5.76 Å². The third-order valence-electron chi connectivity index (χ3n) is 9.13. The highest BCUT2D eigenvalue weighted by molar-refractivity contribution is 9.10. The quantitative estimate of drug-likeness (QED) is 0.139. The monoisotopic (exact) mass is 747 g/mol. The zero-order valence-electron chi connectivity index (χ0n) is 26.5. The first-order chi connectivity index (χ1) is 23.2. The summed E-state index contributed by atoms with van der Waals surface area (Å²) in [4.78, 5) is 30.9. The third kappa shape index (κ3) is 5.79. The van der Waals surface area contributed by atoms with Gasteiger partial charge in [-0.3, -0.25) is 9.10 Å². The van der Waals surface area contributed by atoms with E-state index in [4.69, 9.17) is 9.15 Å². The average molecular weight is 749 g/mol. The molecule has 0 spiro atoms. The van der Waals surface area contributed by atoms with Crippen molar-refractivity contribution in [3.8, 4) is 0 Å². The van der Waals surface area contributed by atoms with Crippen molar-refractivity contribution in [2.45, 2.75) is 43.7 Å². The largest absolute Gasteiger partial charge is 0.460 e. The highest BCUT2D eigenvalue weighted by atomic mass is 79.9. The minimum absolute atomic E-state index is 0.0350. The summed E-state index contributed by atoms with van der Waals surface area (Å²) < 4.78 is 42.6. The van der Waals surface area contributed by atoms with Crippen LogP contribution in [0.5, 0.6) is 0 Å². The van der Waals surface area contributed by atoms with Gasteiger partial charge in [0.15, 0.2) is 0 Å². The number of piperazine rings is 1. The van der Waals surface area contributed by atoms with Gasteiger partial charge in [0.25, 0.3) is 15.9 Å². The number of sulfonamides is 1. The summed E-state index contributed by atoms with van der Waals surface area (Å²) in [5.74, 6) is -0.485. The Kier molecular flexibility index (Phi) is 8.82. The maximum absolute atomic E-state index is 14.7. The number of anilines is 2. The van der Waals surface area contributed by atoms with Crippen molar-refractivity contribution in [3.05, 3.63) is 110 Å². The number of rotatable bonds is 10. The molecular formula is C36H34BrN3O6S2. The fourth-order valence-electron chi connectivity index (χ4n) is 6.77. The van der Waals surface area contributed by atoms with E-state index in [1.807, 2.05) is 70.9 Å². The Balaban J connectivity index is 1.23. The van der Waals surface area contributed by atoms with Gasteiger partial charge >= 0.3 is 5.97 Å². The average Bonchev–Trinajstić information content (AvgIpc) is 3.67. The molecule has 9 nitrogen and oxygen atoms in total. The smallest absolute Gasteiger partial charge is 0.374 e. The molecular weight excluding hydrogens is 714 g/mol.